The van der Waals surface area contributed by atoms with Crippen LogP contribution < -0.4 is 0 Å². The second-order valence-corrected chi connectivity index (χ2v) is 9.46. The van der Waals surface area contributed by atoms with Crippen LogP contribution in [0.25, 0.3) is 5.76 Å². The number of likely N-dealkylation sites (N-methyl/N-ethyl adjacent to an activating group) is 1. The van der Waals surface area contributed by atoms with Gasteiger partial charge in [0.2, 0.25) is 0 Å². The van der Waals surface area contributed by atoms with Crippen LogP contribution in [0.2, 0.25) is 5.02 Å². The average molecular weight is 517 g/mol. The lowest BCUT2D eigenvalue weighted by atomic mass is 9.87. The van der Waals surface area contributed by atoms with E-state index in [2.05, 4.69) is 17.3 Å². The van der Waals surface area contributed by atoms with Gasteiger partial charge in [0, 0.05) is 32.0 Å². The van der Waals surface area contributed by atoms with Gasteiger partial charge in [0.05, 0.1) is 22.4 Å². The third-order valence-corrected chi connectivity index (χ3v) is 6.86. The lowest BCUT2D eigenvalue weighted by Gasteiger charge is -2.27. The summed E-state index contributed by atoms with van der Waals surface area (Å²) in [4.78, 5) is 19.5. The molecular weight excluding hydrogens is 480 g/mol. The van der Waals surface area contributed by atoms with Gasteiger partial charge < -0.3 is 24.7 Å². The Kier molecular flexibility index (Phi) is 10.3. The molecule has 0 bridgehead atoms. The zero-order valence-electron chi connectivity index (χ0n) is 21.4. The molecule has 1 atom stereocenters. The normalized spacial score (nSPS) is 21.6. The minimum Gasteiger partial charge on any atom is -0.507 e. The molecule has 0 saturated heterocycles. The van der Waals surface area contributed by atoms with Gasteiger partial charge >= 0.3 is 0 Å². The maximum atomic E-state index is 12.4. The number of benzene rings is 1. The van der Waals surface area contributed by atoms with Crippen molar-refractivity contribution in [3.05, 3.63) is 52.1 Å². The van der Waals surface area contributed by atoms with Gasteiger partial charge in [-0.2, -0.15) is 0 Å². The Balaban J connectivity index is 2.03. The molecule has 1 amide bonds. The van der Waals surface area contributed by atoms with Gasteiger partial charge in [0.1, 0.15) is 17.3 Å². The molecule has 36 heavy (non-hydrogen) atoms. The molecule has 1 saturated carbocycles. The van der Waals surface area contributed by atoms with Crippen LogP contribution >= 0.6 is 11.6 Å². The predicted molar refractivity (Wildman–Crippen MR) is 143 cm³/mol. The number of amides is 1. The first kappa shape index (κ1) is 27.7. The zero-order valence-corrected chi connectivity index (χ0v) is 22.2. The Morgan fingerprint density at radius 2 is 1.89 bits per heavy atom. The number of oxime groups is 1. The SMILES string of the molecule is CCN(CC)C(=O)CO/N=C1/C=C/CC/C=C/C[C@@H](C)OC(=C2CCC2)c2c(O)cc(O)c(Cl)c2C1. The fourth-order valence-electron chi connectivity index (χ4n) is 4.21. The van der Waals surface area contributed by atoms with Crippen LogP contribution in [-0.4, -0.2) is 52.5 Å². The van der Waals surface area contributed by atoms with E-state index in [1.165, 1.54) is 6.07 Å². The van der Waals surface area contributed by atoms with Gasteiger partial charge in [0.15, 0.2) is 6.61 Å². The van der Waals surface area contributed by atoms with Crippen LogP contribution in [0.15, 0.2) is 41.1 Å². The van der Waals surface area contributed by atoms with Gasteiger partial charge in [0.25, 0.3) is 5.91 Å². The molecule has 1 aromatic rings. The van der Waals surface area contributed by atoms with Crippen molar-refractivity contribution in [2.75, 3.05) is 19.7 Å². The van der Waals surface area contributed by atoms with Crippen LogP contribution in [0.3, 0.4) is 0 Å². The third kappa shape index (κ3) is 7.06. The average Bonchev–Trinajstić information content (AvgIpc) is 2.80. The molecule has 0 radical (unpaired) electrons. The Morgan fingerprint density at radius 1 is 1.17 bits per heavy atom. The summed E-state index contributed by atoms with van der Waals surface area (Å²) >= 11 is 6.60. The van der Waals surface area contributed by atoms with Crippen molar-refractivity contribution in [3.63, 3.8) is 0 Å². The number of hydrogen-bond acceptors (Lipinski definition) is 6. The van der Waals surface area contributed by atoms with Crippen LogP contribution in [0.5, 0.6) is 11.5 Å². The van der Waals surface area contributed by atoms with E-state index in [9.17, 15) is 15.0 Å². The number of aromatic hydroxyl groups is 2. The molecule has 2 N–H and O–H groups in total. The minimum atomic E-state index is -0.219. The van der Waals surface area contributed by atoms with Gasteiger partial charge in [-0.1, -0.05) is 35.0 Å². The summed E-state index contributed by atoms with van der Waals surface area (Å²) < 4.78 is 6.39. The molecule has 1 fully saturated rings. The first-order valence-corrected chi connectivity index (χ1v) is 13.1. The number of halogens is 1. The molecule has 3 rings (SSSR count). The second-order valence-electron chi connectivity index (χ2n) is 9.08. The number of ether oxygens (including phenoxy) is 1. The first-order valence-electron chi connectivity index (χ1n) is 12.8. The molecule has 2 aliphatic rings. The van der Waals surface area contributed by atoms with Crippen LogP contribution in [0, 0.1) is 0 Å². The largest absolute Gasteiger partial charge is 0.507 e. The maximum absolute atomic E-state index is 12.4. The number of phenols is 2. The number of rotatable bonds is 5. The van der Waals surface area contributed by atoms with Gasteiger partial charge in [-0.05, 0) is 70.1 Å². The Hall–Kier alpha value is -2.93. The van der Waals surface area contributed by atoms with Crippen molar-refractivity contribution < 1.29 is 24.6 Å². The minimum absolute atomic E-state index is 0.0999. The van der Waals surface area contributed by atoms with E-state index in [1.807, 2.05) is 32.9 Å². The number of fused-ring (bicyclic) bond motifs is 1. The highest BCUT2D eigenvalue weighted by atomic mass is 35.5. The second kappa shape index (κ2) is 13.4. The Morgan fingerprint density at radius 3 is 2.56 bits per heavy atom. The molecule has 1 aromatic carbocycles. The number of hydrogen-bond donors (Lipinski definition) is 2. The van der Waals surface area contributed by atoms with E-state index in [4.69, 9.17) is 21.2 Å². The quantitative estimate of drug-likeness (QED) is 0.363. The van der Waals surface area contributed by atoms with Crippen LogP contribution in [0.4, 0.5) is 0 Å². The molecule has 8 heteroatoms. The van der Waals surface area contributed by atoms with Crippen molar-refractivity contribution in [2.24, 2.45) is 5.16 Å². The van der Waals surface area contributed by atoms with E-state index < -0.39 is 0 Å². The summed E-state index contributed by atoms with van der Waals surface area (Å²) in [6.07, 6.45) is 13.4. The lowest BCUT2D eigenvalue weighted by molar-refractivity contribution is -0.135. The van der Waals surface area contributed by atoms with Crippen molar-refractivity contribution in [1.29, 1.82) is 0 Å². The Bertz CT molecular complexity index is 1050. The molecule has 7 nitrogen and oxygen atoms in total. The summed E-state index contributed by atoms with van der Waals surface area (Å²) in [6, 6.07) is 1.25. The van der Waals surface area contributed by atoms with Crippen LogP contribution in [0.1, 0.15) is 70.4 Å². The van der Waals surface area contributed by atoms with Crippen molar-refractivity contribution in [3.8, 4) is 11.5 Å². The van der Waals surface area contributed by atoms with E-state index in [-0.39, 0.29) is 41.6 Å². The topological polar surface area (TPSA) is 91.6 Å². The number of allylic oxidation sites excluding steroid dienone is 4. The lowest BCUT2D eigenvalue weighted by Crippen LogP contribution is -2.33. The zero-order chi connectivity index (χ0) is 26.1. The molecule has 196 valence electrons. The number of carbonyl (C=O) groups is 1. The molecule has 1 heterocycles. The van der Waals surface area contributed by atoms with Gasteiger partial charge in [-0.3, -0.25) is 4.79 Å². The fraction of sp³-hybridized carbons (Fsp3) is 0.500. The summed E-state index contributed by atoms with van der Waals surface area (Å²) in [5, 5.41) is 25.8. The molecule has 1 aliphatic heterocycles. The van der Waals surface area contributed by atoms with Crippen LogP contribution in [-0.2, 0) is 20.8 Å². The summed E-state index contributed by atoms with van der Waals surface area (Å²) in [5.41, 5.74) is 2.61. The van der Waals surface area contributed by atoms with Crippen molar-refractivity contribution >= 4 is 29.0 Å². The van der Waals surface area contributed by atoms with Gasteiger partial charge in [-0.15, -0.1) is 0 Å². The van der Waals surface area contributed by atoms with Crippen molar-refractivity contribution in [1.82, 2.24) is 4.90 Å². The first-order chi connectivity index (χ1) is 17.3. The standard InChI is InChI=1S/C28H37ClN2O5/c1-4-31(5-2)25(34)18-35-30-21-15-10-8-6-7-9-12-19(3)36-28(20-13-11-14-20)26-22(16-21)27(29)24(33)17-23(26)32/h7,9-10,15,17,19,32-33H,4-6,8,11-14,16,18H2,1-3H3/b9-7+,15-10+,30-21-/t19-/m1/s1. The van der Waals surface area contributed by atoms with E-state index in [1.54, 1.807) is 4.90 Å². The number of phenolic OH excluding ortho intramolecular Hbond substituents is 2. The smallest absolute Gasteiger partial charge is 0.263 e. The third-order valence-electron chi connectivity index (χ3n) is 6.43. The number of carbonyl (C=O) groups excluding carboxylic acids is 1. The highest BCUT2D eigenvalue weighted by Crippen LogP contribution is 2.45. The highest BCUT2D eigenvalue weighted by molar-refractivity contribution is 6.33. The molecule has 1 aliphatic carbocycles. The monoisotopic (exact) mass is 516 g/mol. The summed E-state index contributed by atoms with van der Waals surface area (Å²) in [7, 11) is 0. The molecular formula is C28H37ClN2O5. The van der Waals surface area contributed by atoms with E-state index in [0.29, 0.717) is 35.7 Å². The van der Waals surface area contributed by atoms with E-state index >= 15 is 0 Å². The Labute approximate surface area is 218 Å². The predicted octanol–water partition coefficient (Wildman–Crippen LogP) is 6.13. The van der Waals surface area contributed by atoms with Gasteiger partial charge in [-0.25, -0.2) is 0 Å². The molecule has 0 unspecified atom stereocenters. The fourth-order valence-corrected chi connectivity index (χ4v) is 4.43. The summed E-state index contributed by atoms with van der Waals surface area (Å²) in [6.45, 7) is 6.85. The maximum Gasteiger partial charge on any atom is 0.263 e. The summed E-state index contributed by atoms with van der Waals surface area (Å²) in [5.74, 6) is 0.156. The van der Waals surface area contributed by atoms with E-state index in [0.717, 1.165) is 44.1 Å². The van der Waals surface area contributed by atoms with Crippen molar-refractivity contribution in [2.45, 2.75) is 71.8 Å². The molecule has 0 spiro atoms. The molecule has 0 aromatic heterocycles. The number of nitrogens with zero attached hydrogens (tertiary/aromatic N) is 2. The highest BCUT2D eigenvalue weighted by Gasteiger charge is 2.27.